The van der Waals surface area contributed by atoms with Gasteiger partial charge in [-0.3, -0.25) is 14.2 Å². The second-order valence-corrected chi connectivity index (χ2v) is 7.83. The van der Waals surface area contributed by atoms with Crippen LogP contribution in [-0.4, -0.2) is 20.0 Å². The molecule has 1 amide bonds. The van der Waals surface area contributed by atoms with Gasteiger partial charge in [0.1, 0.15) is 0 Å². The molecular formula is C21H17ClN6O2S. The predicted octanol–water partition coefficient (Wildman–Crippen LogP) is 3.09. The Hall–Kier alpha value is -3.87. The number of nitrogens with zero attached hydrogens (tertiary/aromatic N) is 4. The molecule has 4 aromatic rings. The van der Waals surface area contributed by atoms with Gasteiger partial charge in [0.05, 0.1) is 27.8 Å². The molecule has 3 heterocycles. The van der Waals surface area contributed by atoms with E-state index in [4.69, 9.17) is 16.9 Å². The maximum absolute atomic E-state index is 12.1. The van der Waals surface area contributed by atoms with Crippen LogP contribution in [0.5, 0.6) is 0 Å². The molecule has 8 nitrogen and oxygen atoms in total. The van der Waals surface area contributed by atoms with Gasteiger partial charge in [-0.15, -0.1) is 11.3 Å². The van der Waals surface area contributed by atoms with Gasteiger partial charge in [0, 0.05) is 29.8 Å². The average molecular weight is 453 g/mol. The Morgan fingerprint density at radius 3 is 2.52 bits per heavy atom. The first-order valence-electron chi connectivity index (χ1n) is 8.96. The average Bonchev–Trinajstić information content (AvgIpc) is 3.42. The molecule has 0 spiro atoms. The van der Waals surface area contributed by atoms with Gasteiger partial charge >= 0.3 is 0 Å². The Labute approximate surface area is 186 Å². The number of hydrogen-bond acceptors (Lipinski definition) is 6. The van der Waals surface area contributed by atoms with Crippen LogP contribution in [0.1, 0.15) is 15.4 Å². The number of amides is 1. The molecule has 0 aliphatic rings. The van der Waals surface area contributed by atoms with Gasteiger partial charge in [-0.25, -0.2) is 4.98 Å². The van der Waals surface area contributed by atoms with Crippen LogP contribution in [0.3, 0.4) is 0 Å². The lowest BCUT2D eigenvalue weighted by molar-refractivity contribution is 0.0954. The van der Waals surface area contributed by atoms with E-state index in [0.717, 1.165) is 17.1 Å². The topological polar surface area (TPSA) is 119 Å². The molecule has 156 valence electrons. The summed E-state index contributed by atoms with van der Waals surface area (Å²) in [7, 11) is 0. The van der Waals surface area contributed by atoms with Gasteiger partial charge in [-0.1, -0.05) is 17.7 Å². The summed E-state index contributed by atoms with van der Waals surface area (Å²) < 4.78 is 4.02. The molecule has 0 saturated heterocycles. The highest BCUT2D eigenvalue weighted by Gasteiger charge is 2.09. The molecule has 10 heteroatoms. The van der Waals surface area contributed by atoms with Gasteiger partial charge in [0.25, 0.3) is 11.5 Å². The van der Waals surface area contributed by atoms with Crippen LogP contribution in [0.2, 0.25) is 4.34 Å². The summed E-state index contributed by atoms with van der Waals surface area (Å²) >= 11 is 7.09. The number of carbonyl (C=O) groups excluding carboxylic acids is 1. The normalized spacial score (nSPS) is 9.94. The van der Waals surface area contributed by atoms with Crippen LogP contribution in [0, 0.1) is 11.5 Å². The molecule has 4 rings (SSSR count). The Kier molecular flexibility index (Phi) is 7.22. The predicted molar refractivity (Wildman–Crippen MR) is 119 cm³/mol. The summed E-state index contributed by atoms with van der Waals surface area (Å²) in [4.78, 5) is 28.9. The third-order valence-electron chi connectivity index (χ3n) is 4.11. The summed E-state index contributed by atoms with van der Waals surface area (Å²) in [6, 6.07) is 16.0. The number of hydrogen-bond donors (Lipinski definition) is 2. The van der Waals surface area contributed by atoms with E-state index in [2.05, 4.69) is 16.0 Å². The number of nitriles is 1. The summed E-state index contributed by atoms with van der Waals surface area (Å²) in [5.74, 6) is -0.177. The van der Waals surface area contributed by atoms with E-state index < -0.39 is 0 Å². The van der Waals surface area contributed by atoms with E-state index in [0.29, 0.717) is 15.8 Å². The molecule has 31 heavy (non-hydrogen) atoms. The summed E-state index contributed by atoms with van der Waals surface area (Å²) in [5, 5.41) is 9.93. The first-order valence-corrected chi connectivity index (χ1v) is 10.2. The van der Waals surface area contributed by atoms with Crippen LogP contribution < -0.4 is 16.6 Å². The lowest BCUT2D eigenvalue weighted by atomic mass is 10.2. The molecule has 0 saturated carbocycles. The van der Waals surface area contributed by atoms with Crippen molar-refractivity contribution in [3.8, 4) is 17.6 Å². The number of carbonyl (C=O) groups is 1. The molecule has 0 unspecified atom stereocenters. The van der Waals surface area contributed by atoms with Crippen LogP contribution >= 0.6 is 22.9 Å². The van der Waals surface area contributed by atoms with E-state index in [9.17, 15) is 9.59 Å². The molecule has 0 fully saturated rings. The number of pyridine rings is 1. The number of aromatic nitrogens is 3. The standard InChI is InChI=1S/C20H15ClN4O2S.CH2N2/c21-18-9-8-17(28-18)20(27)22-11-14-12-24(13-23-14)15-4-6-16(7-5-15)25-10-2-1-3-19(25)26;2-1-3/h1-10,12-13H,11H2,(H,22,27);2H2. The van der Waals surface area contributed by atoms with Crippen LogP contribution in [0.4, 0.5) is 0 Å². The fourth-order valence-electron chi connectivity index (χ4n) is 2.72. The van der Waals surface area contributed by atoms with Gasteiger partial charge in [0.15, 0.2) is 6.19 Å². The number of thiophene rings is 1. The van der Waals surface area contributed by atoms with E-state index in [1.54, 1.807) is 35.3 Å². The number of benzene rings is 1. The van der Waals surface area contributed by atoms with Gasteiger partial charge in [-0.2, -0.15) is 5.26 Å². The van der Waals surface area contributed by atoms with Crippen molar-refractivity contribution in [3.63, 3.8) is 0 Å². The molecule has 0 bridgehead atoms. The van der Waals surface area contributed by atoms with E-state index in [1.807, 2.05) is 41.1 Å². The summed E-state index contributed by atoms with van der Waals surface area (Å²) in [5.41, 5.74) is 6.50. The highest BCUT2D eigenvalue weighted by molar-refractivity contribution is 7.17. The van der Waals surface area contributed by atoms with Crippen LogP contribution in [-0.2, 0) is 6.54 Å². The van der Waals surface area contributed by atoms with E-state index in [-0.39, 0.29) is 11.5 Å². The lowest BCUT2D eigenvalue weighted by Crippen LogP contribution is -2.21. The largest absolute Gasteiger partial charge is 0.346 e. The quantitative estimate of drug-likeness (QED) is 0.356. The number of halogens is 1. The van der Waals surface area contributed by atoms with Crippen LogP contribution in [0.25, 0.3) is 11.4 Å². The third-order valence-corrected chi connectivity index (χ3v) is 5.34. The van der Waals surface area contributed by atoms with Crippen molar-refractivity contribution in [2.24, 2.45) is 5.73 Å². The van der Waals surface area contributed by atoms with E-state index in [1.165, 1.54) is 23.6 Å². The Balaban J connectivity index is 0.000000858. The number of imidazole rings is 1. The van der Waals surface area contributed by atoms with Crippen molar-refractivity contribution in [2.75, 3.05) is 0 Å². The molecule has 0 radical (unpaired) electrons. The zero-order valence-corrected chi connectivity index (χ0v) is 17.7. The van der Waals surface area contributed by atoms with E-state index >= 15 is 0 Å². The van der Waals surface area contributed by atoms with Gasteiger partial charge < -0.3 is 15.6 Å². The highest BCUT2D eigenvalue weighted by atomic mass is 35.5. The summed E-state index contributed by atoms with van der Waals surface area (Å²) in [6.45, 7) is 0.318. The molecule has 3 aromatic heterocycles. The number of nitrogens with one attached hydrogen (secondary N) is 1. The van der Waals surface area contributed by atoms with Crippen molar-refractivity contribution in [1.82, 2.24) is 19.4 Å². The summed E-state index contributed by atoms with van der Waals surface area (Å²) in [6.07, 6.45) is 6.52. The van der Waals surface area contributed by atoms with Crippen molar-refractivity contribution in [2.45, 2.75) is 6.54 Å². The maximum Gasteiger partial charge on any atom is 0.261 e. The Morgan fingerprint density at radius 2 is 1.87 bits per heavy atom. The van der Waals surface area contributed by atoms with Crippen LogP contribution in [0.15, 0.2) is 78.1 Å². The first kappa shape index (κ1) is 21.8. The Bertz CT molecular complexity index is 1270. The van der Waals surface area contributed by atoms with Crippen molar-refractivity contribution in [1.29, 1.82) is 5.26 Å². The minimum absolute atomic E-state index is 0.0806. The molecule has 1 aromatic carbocycles. The smallest absolute Gasteiger partial charge is 0.261 e. The van der Waals surface area contributed by atoms with Gasteiger partial charge in [-0.05, 0) is 42.5 Å². The second-order valence-electron chi connectivity index (χ2n) is 6.11. The number of nitrogens with two attached hydrogens (primary N) is 1. The minimum Gasteiger partial charge on any atom is -0.346 e. The first-order chi connectivity index (χ1) is 15.0. The number of rotatable bonds is 5. The fraction of sp³-hybridized carbons (Fsp3) is 0.0476. The SMILES string of the molecule is N#CN.O=C(NCc1cn(-c2ccc(-n3ccccc3=O)cc2)cn1)c1ccc(Cl)s1. The molecule has 0 aliphatic carbocycles. The lowest BCUT2D eigenvalue weighted by Gasteiger charge is -2.07. The van der Waals surface area contributed by atoms with Gasteiger partial charge in [0.2, 0.25) is 0 Å². The second kappa shape index (κ2) is 10.2. The molecule has 0 atom stereocenters. The third kappa shape index (κ3) is 5.60. The zero-order valence-electron chi connectivity index (χ0n) is 16.1. The highest BCUT2D eigenvalue weighted by Crippen LogP contribution is 2.21. The monoisotopic (exact) mass is 452 g/mol. The van der Waals surface area contributed by atoms with Crippen molar-refractivity contribution >= 4 is 28.8 Å². The minimum atomic E-state index is -0.177. The fourth-order valence-corrected chi connectivity index (χ4v) is 3.68. The Morgan fingerprint density at radius 1 is 1.16 bits per heavy atom. The molecular weight excluding hydrogens is 436 g/mol. The molecule has 3 N–H and O–H groups in total. The van der Waals surface area contributed by atoms with Crippen molar-refractivity contribution < 1.29 is 4.79 Å². The molecule has 0 aliphatic heterocycles. The maximum atomic E-state index is 12.1. The zero-order chi connectivity index (χ0) is 22.2. The van der Waals surface area contributed by atoms with Crippen molar-refractivity contribution in [3.05, 3.63) is 98.6 Å².